The first kappa shape index (κ1) is 20.3. The lowest BCUT2D eigenvalue weighted by molar-refractivity contribution is 0.0534. The summed E-state index contributed by atoms with van der Waals surface area (Å²) in [7, 11) is 0. The summed E-state index contributed by atoms with van der Waals surface area (Å²) < 4.78 is 11.5. The van der Waals surface area contributed by atoms with Gasteiger partial charge in [0.25, 0.3) is 0 Å². The van der Waals surface area contributed by atoms with Gasteiger partial charge in [0.2, 0.25) is 0 Å². The van der Waals surface area contributed by atoms with Gasteiger partial charge in [0.05, 0.1) is 13.2 Å². The van der Waals surface area contributed by atoms with Crippen molar-refractivity contribution in [3.8, 4) is 0 Å². The van der Waals surface area contributed by atoms with E-state index in [4.69, 9.17) is 9.47 Å². The molecular formula is C23H33N3O3. The van der Waals surface area contributed by atoms with Gasteiger partial charge >= 0.3 is 6.03 Å². The van der Waals surface area contributed by atoms with Crippen LogP contribution in [0.1, 0.15) is 32.1 Å². The summed E-state index contributed by atoms with van der Waals surface area (Å²) in [6.45, 7) is 6.62. The van der Waals surface area contributed by atoms with Gasteiger partial charge in [-0.2, -0.15) is 0 Å². The lowest BCUT2D eigenvalue weighted by atomic mass is 10.1. The van der Waals surface area contributed by atoms with Crippen LogP contribution in [-0.2, 0) is 9.47 Å². The molecule has 0 spiro atoms. The maximum atomic E-state index is 12.3. The van der Waals surface area contributed by atoms with Gasteiger partial charge in [0.1, 0.15) is 6.10 Å². The van der Waals surface area contributed by atoms with Crippen molar-refractivity contribution in [3.05, 3.63) is 41.4 Å². The zero-order valence-corrected chi connectivity index (χ0v) is 17.3. The van der Waals surface area contributed by atoms with E-state index in [1.54, 1.807) is 4.90 Å². The lowest BCUT2D eigenvalue weighted by Crippen LogP contribution is -2.46. The van der Waals surface area contributed by atoms with Crippen molar-refractivity contribution < 1.29 is 14.3 Å². The molecule has 2 aliphatic carbocycles. The molecule has 2 amide bonds. The SMILES string of the molecule is O=C(NCC1=C/CC=C=C(OC2CCN(CC3CC3)CC2)/C=C\1)N1CCOCC1. The number of allylic oxidation sites excluding steroid dienone is 2. The Labute approximate surface area is 173 Å². The van der Waals surface area contributed by atoms with Gasteiger partial charge in [0, 0.05) is 39.3 Å². The molecule has 0 aromatic rings. The summed E-state index contributed by atoms with van der Waals surface area (Å²) in [4.78, 5) is 16.7. The number of ether oxygens (including phenoxy) is 2. The number of carbonyl (C=O) groups excluding carboxylic acids is 1. The van der Waals surface area contributed by atoms with E-state index < -0.39 is 0 Å². The molecule has 2 aliphatic heterocycles. The molecule has 1 N–H and O–H groups in total. The highest BCUT2D eigenvalue weighted by Gasteiger charge is 2.27. The van der Waals surface area contributed by atoms with Crippen LogP contribution in [0.15, 0.2) is 41.4 Å². The monoisotopic (exact) mass is 399 g/mol. The second-order valence-electron chi connectivity index (χ2n) is 8.38. The van der Waals surface area contributed by atoms with Crippen molar-refractivity contribution in [1.29, 1.82) is 0 Å². The molecule has 0 bridgehead atoms. The van der Waals surface area contributed by atoms with Gasteiger partial charge in [-0.25, -0.2) is 4.79 Å². The van der Waals surface area contributed by atoms with E-state index >= 15 is 0 Å². The summed E-state index contributed by atoms with van der Waals surface area (Å²) >= 11 is 0. The average molecular weight is 400 g/mol. The smallest absolute Gasteiger partial charge is 0.317 e. The zero-order valence-electron chi connectivity index (χ0n) is 17.3. The fourth-order valence-electron chi connectivity index (χ4n) is 3.98. The Morgan fingerprint density at radius 2 is 1.93 bits per heavy atom. The summed E-state index contributed by atoms with van der Waals surface area (Å²) in [5, 5.41) is 3.01. The molecule has 29 heavy (non-hydrogen) atoms. The predicted molar refractivity (Wildman–Crippen MR) is 112 cm³/mol. The molecule has 2 heterocycles. The van der Waals surface area contributed by atoms with Crippen LogP contribution in [0.5, 0.6) is 0 Å². The minimum absolute atomic E-state index is 0.0230. The van der Waals surface area contributed by atoms with E-state index in [0.717, 1.165) is 49.6 Å². The molecule has 4 rings (SSSR count). The van der Waals surface area contributed by atoms with E-state index in [2.05, 4.69) is 22.0 Å². The second-order valence-corrected chi connectivity index (χ2v) is 8.38. The molecule has 1 saturated carbocycles. The van der Waals surface area contributed by atoms with Crippen LogP contribution >= 0.6 is 0 Å². The van der Waals surface area contributed by atoms with E-state index in [1.807, 2.05) is 18.2 Å². The number of likely N-dealkylation sites (tertiary alicyclic amines) is 1. The van der Waals surface area contributed by atoms with E-state index in [-0.39, 0.29) is 12.1 Å². The van der Waals surface area contributed by atoms with Gasteiger partial charge in [0.15, 0.2) is 5.76 Å². The minimum atomic E-state index is -0.0230. The number of piperidine rings is 1. The Balaban J connectivity index is 1.22. The third-order valence-corrected chi connectivity index (χ3v) is 5.97. The maximum absolute atomic E-state index is 12.3. The molecule has 6 nitrogen and oxygen atoms in total. The highest BCUT2D eigenvalue weighted by atomic mass is 16.5. The van der Waals surface area contributed by atoms with Crippen LogP contribution in [0.3, 0.4) is 0 Å². The molecular weight excluding hydrogens is 366 g/mol. The third kappa shape index (κ3) is 6.49. The van der Waals surface area contributed by atoms with Crippen LogP contribution in [0.25, 0.3) is 0 Å². The van der Waals surface area contributed by atoms with Gasteiger partial charge in [-0.15, -0.1) is 0 Å². The number of hydrogen-bond acceptors (Lipinski definition) is 4. The van der Waals surface area contributed by atoms with Gasteiger partial charge in [-0.05, 0) is 55.7 Å². The molecule has 0 atom stereocenters. The fraction of sp³-hybridized carbons (Fsp3) is 0.652. The van der Waals surface area contributed by atoms with E-state index in [1.165, 1.54) is 19.4 Å². The maximum Gasteiger partial charge on any atom is 0.317 e. The molecule has 0 aromatic heterocycles. The number of morpholine rings is 1. The van der Waals surface area contributed by atoms with Gasteiger partial charge in [-0.1, -0.05) is 17.9 Å². The highest BCUT2D eigenvalue weighted by molar-refractivity contribution is 5.74. The molecule has 0 aromatic carbocycles. The Kier molecular flexibility index (Phi) is 7.09. The van der Waals surface area contributed by atoms with Gasteiger partial charge < -0.3 is 24.6 Å². The number of hydrogen-bond donors (Lipinski definition) is 1. The molecule has 2 saturated heterocycles. The van der Waals surface area contributed by atoms with Crippen molar-refractivity contribution in [2.24, 2.45) is 5.92 Å². The van der Waals surface area contributed by atoms with Crippen molar-refractivity contribution >= 4 is 6.03 Å². The molecule has 4 aliphatic rings. The number of nitrogens with one attached hydrogen (secondary N) is 1. The number of carbonyl (C=O) groups is 1. The van der Waals surface area contributed by atoms with Crippen LogP contribution in [0.2, 0.25) is 0 Å². The number of urea groups is 1. The van der Waals surface area contributed by atoms with Crippen LogP contribution in [0, 0.1) is 5.92 Å². The number of amides is 2. The molecule has 3 fully saturated rings. The zero-order chi connectivity index (χ0) is 19.9. The first-order valence-corrected chi connectivity index (χ1v) is 11.1. The van der Waals surface area contributed by atoms with Crippen molar-refractivity contribution in [2.75, 3.05) is 52.5 Å². The summed E-state index contributed by atoms with van der Waals surface area (Å²) in [6, 6.07) is -0.0230. The highest BCUT2D eigenvalue weighted by Crippen LogP contribution is 2.31. The topological polar surface area (TPSA) is 54.0 Å². The number of nitrogens with zero attached hydrogens (tertiary/aromatic N) is 2. The van der Waals surface area contributed by atoms with Crippen molar-refractivity contribution in [2.45, 2.75) is 38.2 Å². The largest absolute Gasteiger partial charge is 0.483 e. The first-order valence-electron chi connectivity index (χ1n) is 11.1. The Morgan fingerprint density at radius 3 is 2.69 bits per heavy atom. The van der Waals surface area contributed by atoms with Crippen LogP contribution in [0.4, 0.5) is 4.79 Å². The average Bonchev–Trinajstić information content (AvgIpc) is 3.55. The molecule has 6 heteroatoms. The summed E-state index contributed by atoms with van der Waals surface area (Å²) in [5.74, 6) is 1.76. The normalized spacial score (nSPS) is 26.7. The predicted octanol–water partition coefficient (Wildman–Crippen LogP) is 2.84. The van der Waals surface area contributed by atoms with E-state index in [9.17, 15) is 4.79 Å². The Hall–Kier alpha value is -2.01. The Morgan fingerprint density at radius 1 is 1.14 bits per heavy atom. The fourth-order valence-corrected chi connectivity index (χ4v) is 3.98. The molecule has 158 valence electrons. The summed E-state index contributed by atoms with van der Waals surface area (Å²) in [5.41, 5.74) is 4.36. The molecule has 0 radical (unpaired) electrons. The standard InChI is InChI=1S/C23H33N3O3/c27-23(26-13-15-28-16-14-26)24-17-19-3-1-2-4-21(8-7-19)29-22-9-11-25(12-10-22)18-20-5-6-20/h2-3,7-8,20,22H,1,5-6,9-18H2,(H,24,27)/b8-7-,19-3+. The second kappa shape index (κ2) is 10.1. The van der Waals surface area contributed by atoms with Crippen molar-refractivity contribution in [1.82, 2.24) is 15.1 Å². The summed E-state index contributed by atoms with van der Waals surface area (Å²) in [6.07, 6.45) is 14.2. The van der Waals surface area contributed by atoms with Crippen LogP contribution < -0.4 is 5.32 Å². The Bertz CT molecular complexity index is 690. The molecule has 0 unspecified atom stereocenters. The quantitative estimate of drug-likeness (QED) is 0.698. The minimum Gasteiger partial charge on any atom is -0.483 e. The van der Waals surface area contributed by atoms with E-state index in [0.29, 0.717) is 32.8 Å². The first-order chi connectivity index (χ1) is 14.3. The third-order valence-electron chi connectivity index (χ3n) is 5.97. The van der Waals surface area contributed by atoms with Crippen LogP contribution in [-0.4, -0.2) is 74.4 Å². The lowest BCUT2D eigenvalue weighted by Gasteiger charge is -2.32. The number of rotatable bonds is 6. The van der Waals surface area contributed by atoms with Gasteiger partial charge in [-0.3, -0.25) is 0 Å². The van der Waals surface area contributed by atoms with Crippen molar-refractivity contribution in [3.63, 3.8) is 0 Å².